The maximum absolute atomic E-state index is 12.1. The Morgan fingerprint density at radius 1 is 1.24 bits per heavy atom. The number of rotatable bonds is 4. The van der Waals surface area contributed by atoms with Gasteiger partial charge in [-0.1, -0.05) is 26.0 Å². The van der Waals surface area contributed by atoms with Gasteiger partial charge in [-0.15, -0.1) is 0 Å². The van der Waals surface area contributed by atoms with Gasteiger partial charge in [0.05, 0.1) is 5.56 Å². The molecule has 1 aromatic carbocycles. The van der Waals surface area contributed by atoms with Crippen LogP contribution in [0.2, 0.25) is 0 Å². The maximum Gasteiger partial charge on any atom is 0.357 e. The predicted octanol–water partition coefficient (Wildman–Crippen LogP) is 2.49. The number of aryl methyl sites for hydroxylation is 1. The van der Waals surface area contributed by atoms with Crippen LogP contribution in [-0.2, 0) is 7.05 Å². The first-order chi connectivity index (χ1) is 9.88. The molecule has 6 nitrogen and oxygen atoms in total. The number of nitrogens with zero attached hydrogens (tertiary/aromatic N) is 2. The molecule has 2 N–H and O–H groups in total. The smallest absolute Gasteiger partial charge is 0.357 e. The monoisotopic (exact) mass is 287 g/mol. The van der Waals surface area contributed by atoms with E-state index in [4.69, 9.17) is 5.11 Å². The molecule has 2 aromatic rings. The van der Waals surface area contributed by atoms with Crippen molar-refractivity contribution in [2.24, 2.45) is 7.05 Å². The van der Waals surface area contributed by atoms with Crippen molar-refractivity contribution in [2.75, 3.05) is 5.32 Å². The average molecular weight is 287 g/mol. The van der Waals surface area contributed by atoms with Crippen molar-refractivity contribution in [3.05, 3.63) is 47.3 Å². The molecule has 0 aliphatic heterocycles. The van der Waals surface area contributed by atoms with E-state index in [2.05, 4.69) is 24.3 Å². The molecular formula is C15H17N3O3. The zero-order valence-electron chi connectivity index (χ0n) is 12.1. The number of benzene rings is 1. The number of amides is 1. The van der Waals surface area contributed by atoms with Crippen LogP contribution in [0.3, 0.4) is 0 Å². The van der Waals surface area contributed by atoms with Crippen molar-refractivity contribution >= 4 is 17.6 Å². The van der Waals surface area contributed by atoms with Gasteiger partial charge in [0, 0.05) is 18.9 Å². The Labute approximate surface area is 122 Å². The second kappa shape index (κ2) is 5.78. The van der Waals surface area contributed by atoms with Crippen LogP contribution < -0.4 is 5.32 Å². The van der Waals surface area contributed by atoms with Gasteiger partial charge < -0.3 is 10.4 Å². The lowest BCUT2D eigenvalue weighted by molar-refractivity contribution is 0.0685. The number of aromatic carboxylic acids is 1. The van der Waals surface area contributed by atoms with Crippen molar-refractivity contribution in [3.63, 3.8) is 0 Å². The van der Waals surface area contributed by atoms with Crippen LogP contribution in [0.1, 0.15) is 46.2 Å². The van der Waals surface area contributed by atoms with E-state index in [-0.39, 0.29) is 11.3 Å². The van der Waals surface area contributed by atoms with Gasteiger partial charge in [-0.05, 0) is 23.6 Å². The average Bonchev–Trinajstić information content (AvgIpc) is 2.82. The molecule has 0 aliphatic carbocycles. The van der Waals surface area contributed by atoms with Crippen molar-refractivity contribution in [3.8, 4) is 0 Å². The summed E-state index contributed by atoms with van der Waals surface area (Å²) in [6.45, 7) is 4.17. The van der Waals surface area contributed by atoms with Gasteiger partial charge in [-0.2, -0.15) is 5.10 Å². The Balaban J connectivity index is 2.20. The van der Waals surface area contributed by atoms with E-state index >= 15 is 0 Å². The lowest BCUT2D eigenvalue weighted by atomic mass is 10.0. The molecule has 0 atom stereocenters. The number of carboxylic acid groups (broad SMARTS) is 1. The van der Waals surface area contributed by atoms with Crippen molar-refractivity contribution in [1.82, 2.24) is 9.78 Å². The van der Waals surface area contributed by atoms with E-state index in [0.29, 0.717) is 11.6 Å². The second-order valence-corrected chi connectivity index (χ2v) is 5.10. The van der Waals surface area contributed by atoms with Crippen molar-refractivity contribution in [2.45, 2.75) is 19.8 Å². The molecule has 1 aromatic heterocycles. The van der Waals surface area contributed by atoms with Gasteiger partial charge in [-0.25, -0.2) is 4.79 Å². The highest BCUT2D eigenvalue weighted by Gasteiger charge is 2.20. The summed E-state index contributed by atoms with van der Waals surface area (Å²) in [4.78, 5) is 23.2. The summed E-state index contributed by atoms with van der Waals surface area (Å²) < 4.78 is 1.31. The van der Waals surface area contributed by atoms with E-state index in [1.54, 1.807) is 19.2 Å². The predicted molar refractivity (Wildman–Crippen MR) is 78.7 cm³/mol. The molecular weight excluding hydrogens is 270 g/mol. The first-order valence-corrected chi connectivity index (χ1v) is 6.56. The lowest BCUT2D eigenvalue weighted by Crippen LogP contribution is -2.15. The molecule has 1 heterocycles. The molecule has 0 saturated heterocycles. The molecule has 0 bridgehead atoms. The molecule has 0 saturated carbocycles. The SMILES string of the molecule is CC(C)c1ccc(NC(=O)c2cn(C)nc2C(=O)O)cc1. The number of hydrogen-bond donors (Lipinski definition) is 2. The van der Waals surface area contributed by atoms with Crippen molar-refractivity contribution in [1.29, 1.82) is 0 Å². The third kappa shape index (κ3) is 3.28. The zero-order valence-corrected chi connectivity index (χ0v) is 12.1. The second-order valence-electron chi connectivity index (χ2n) is 5.10. The molecule has 1 amide bonds. The standard InChI is InChI=1S/C15H17N3O3/c1-9(2)10-4-6-11(7-5-10)16-14(19)12-8-18(3)17-13(12)15(20)21/h4-9H,1-3H3,(H,16,19)(H,20,21). The van der Waals surface area contributed by atoms with Gasteiger partial charge in [-0.3, -0.25) is 9.48 Å². The Bertz CT molecular complexity index is 672. The fraction of sp³-hybridized carbons (Fsp3) is 0.267. The Morgan fingerprint density at radius 2 is 1.86 bits per heavy atom. The Kier molecular flexibility index (Phi) is 4.07. The minimum Gasteiger partial charge on any atom is -0.476 e. The Hall–Kier alpha value is -2.63. The quantitative estimate of drug-likeness (QED) is 0.904. The molecule has 0 fully saturated rings. The van der Waals surface area contributed by atoms with Crippen LogP contribution in [0.25, 0.3) is 0 Å². The minimum absolute atomic E-state index is 0.0398. The summed E-state index contributed by atoms with van der Waals surface area (Å²) in [6, 6.07) is 7.46. The van der Waals surface area contributed by atoms with Crippen LogP contribution in [0.4, 0.5) is 5.69 Å². The summed E-state index contributed by atoms with van der Waals surface area (Å²) in [5.41, 5.74) is 1.57. The van der Waals surface area contributed by atoms with Crippen LogP contribution in [0.5, 0.6) is 0 Å². The van der Waals surface area contributed by atoms with Crippen LogP contribution in [0, 0.1) is 0 Å². The fourth-order valence-corrected chi connectivity index (χ4v) is 1.96. The highest BCUT2D eigenvalue weighted by Crippen LogP contribution is 2.18. The van der Waals surface area contributed by atoms with Crippen LogP contribution in [0.15, 0.2) is 30.5 Å². The van der Waals surface area contributed by atoms with E-state index in [9.17, 15) is 9.59 Å². The van der Waals surface area contributed by atoms with Gasteiger partial charge in [0.25, 0.3) is 5.91 Å². The topological polar surface area (TPSA) is 84.2 Å². The number of aromatic nitrogens is 2. The molecule has 0 radical (unpaired) electrons. The summed E-state index contributed by atoms with van der Waals surface area (Å²) in [6.07, 6.45) is 1.39. The van der Waals surface area contributed by atoms with E-state index < -0.39 is 11.9 Å². The number of carboxylic acids is 1. The van der Waals surface area contributed by atoms with Gasteiger partial charge in [0.15, 0.2) is 5.69 Å². The molecule has 2 rings (SSSR count). The minimum atomic E-state index is -1.23. The van der Waals surface area contributed by atoms with Crippen LogP contribution >= 0.6 is 0 Å². The summed E-state index contributed by atoms with van der Waals surface area (Å²) in [5, 5.41) is 15.5. The summed E-state index contributed by atoms with van der Waals surface area (Å²) in [7, 11) is 1.57. The first-order valence-electron chi connectivity index (χ1n) is 6.56. The third-order valence-electron chi connectivity index (χ3n) is 3.11. The number of carbonyl (C=O) groups excluding carboxylic acids is 1. The van der Waals surface area contributed by atoms with E-state index in [0.717, 1.165) is 0 Å². The maximum atomic E-state index is 12.1. The summed E-state index contributed by atoms with van der Waals surface area (Å²) in [5.74, 6) is -1.31. The van der Waals surface area contributed by atoms with Crippen LogP contribution in [-0.4, -0.2) is 26.8 Å². The zero-order chi connectivity index (χ0) is 15.6. The highest BCUT2D eigenvalue weighted by atomic mass is 16.4. The number of hydrogen-bond acceptors (Lipinski definition) is 3. The molecule has 110 valence electrons. The van der Waals surface area contributed by atoms with Gasteiger partial charge >= 0.3 is 5.97 Å². The lowest BCUT2D eigenvalue weighted by Gasteiger charge is -2.08. The fourth-order valence-electron chi connectivity index (χ4n) is 1.96. The van der Waals surface area contributed by atoms with Crippen molar-refractivity contribution < 1.29 is 14.7 Å². The normalized spacial score (nSPS) is 10.7. The van der Waals surface area contributed by atoms with Gasteiger partial charge in [0.1, 0.15) is 0 Å². The Morgan fingerprint density at radius 3 is 2.38 bits per heavy atom. The molecule has 0 aliphatic rings. The molecule has 0 spiro atoms. The van der Waals surface area contributed by atoms with E-state index in [1.165, 1.54) is 16.4 Å². The molecule has 6 heteroatoms. The molecule has 21 heavy (non-hydrogen) atoms. The van der Waals surface area contributed by atoms with Gasteiger partial charge in [0.2, 0.25) is 0 Å². The molecule has 0 unspecified atom stereocenters. The third-order valence-corrected chi connectivity index (χ3v) is 3.11. The highest BCUT2D eigenvalue weighted by molar-refractivity contribution is 6.09. The first kappa shape index (κ1) is 14.8. The summed E-state index contributed by atoms with van der Waals surface area (Å²) >= 11 is 0. The number of carbonyl (C=O) groups is 2. The van der Waals surface area contributed by atoms with E-state index in [1.807, 2.05) is 12.1 Å². The number of nitrogens with one attached hydrogen (secondary N) is 1. The largest absolute Gasteiger partial charge is 0.476 e. The number of anilines is 1.